The molecule has 2 aromatic rings. The number of hydrogen-bond acceptors (Lipinski definition) is 3. The average Bonchev–Trinajstić information content (AvgIpc) is 2.88. The van der Waals surface area contributed by atoms with Crippen molar-refractivity contribution in [3.63, 3.8) is 0 Å². The molecule has 2 unspecified atom stereocenters. The summed E-state index contributed by atoms with van der Waals surface area (Å²) in [4.78, 5) is 14.1. The monoisotopic (exact) mass is 401 g/mol. The van der Waals surface area contributed by atoms with Crippen LogP contribution < -0.4 is 10.0 Å². The van der Waals surface area contributed by atoms with Gasteiger partial charge in [-0.15, -0.1) is 0 Å². The van der Waals surface area contributed by atoms with Crippen molar-refractivity contribution in [2.24, 2.45) is 17.3 Å². The van der Waals surface area contributed by atoms with Crippen LogP contribution in [0.1, 0.15) is 41.9 Å². The minimum atomic E-state index is -0.604. The Morgan fingerprint density at radius 2 is 2.25 bits per heavy atom. The number of nitriles is 1. The maximum absolute atomic E-state index is 13.5. The lowest BCUT2D eigenvalue weighted by Crippen LogP contribution is -2.33. The number of carbonyl (C=O) groups is 1. The summed E-state index contributed by atoms with van der Waals surface area (Å²) in [7, 11) is 3.15. The molecule has 1 aliphatic heterocycles. The lowest BCUT2D eigenvalue weighted by Gasteiger charge is -2.20. The van der Waals surface area contributed by atoms with Crippen molar-refractivity contribution in [1.82, 2.24) is 9.29 Å². The van der Waals surface area contributed by atoms with Gasteiger partial charge in [0.1, 0.15) is 17.6 Å². The molecule has 8 heteroatoms. The summed E-state index contributed by atoms with van der Waals surface area (Å²) < 4.78 is 23.5. The van der Waals surface area contributed by atoms with Crippen LogP contribution in [0.4, 0.5) is 10.1 Å². The standard InChI is InChI=1S/C20H24FN5OS/c1-12(2)17-8-6-15-18(28(23-3)25-17)11-26(4)19(15)20(27)24-14-5-7-16(21)13(9-14)10-22/h5,7,9,11-12,17H,6,8H2,1-4H3,(H,23,25)(H,24,27). The molecule has 2 N–H and O–H groups in total. The Kier molecular flexibility index (Phi) is 5.96. The molecule has 0 aliphatic carbocycles. The van der Waals surface area contributed by atoms with Gasteiger partial charge in [-0.1, -0.05) is 13.8 Å². The molecule has 0 saturated carbocycles. The van der Waals surface area contributed by atoms with Gasteiger partial charge in [0.25, 0.3) is 5.91 Å². The van der Waals surface area contributed by atoms with E-state index in [1.54, 1.807) is 13.1 Å². The Balaban J connectivity index is 1.95. The van der Waals surface area contributed by atoms with Crippen LogP contribution in [0.2, 0.25) is 0 Å². The number of nitrogens with one attached hydrogen (secondary N) is 2. The van der Waals surface area contributed by atoms with E-state index in [4.69, 9.17) is 5.26 Å². The van der Waals surface area contributed by atoms with Gasteiger partial charge in [0.2, 0.25) is 0 Å². The van der Waals surface area contributed by atoms with E-state index in [0.29, 0.717) is 23.3 Å². The fourth-order valence-corrected chi connectivity index (χ4v) is 5.21. The molecule has 28 heavy (non-hydrogen) atoms. The van der Waals surface area contributed by atoms with E-state index >= 15 is 0 Å². The van der Waals surface area contributed by atoms with E-state index in [1.165, 1.54) is 18.2 Å². The number of nitrogens with zero attached hydrogens (tertiary/aromatic N) is 3. The van der Waals surface area contributed by atoms with E-state index < -0.39 is 16.7 Å². The molecular formula is C20H24FN5OS. The molecular weight excluding hydrogens is 377 g/mol. The third-order valence-electron chi connectivity index (χ3n) is 4.97. The normalized spacial score (nSPS) is 19.2. The van der Waals surface area contributed by atoms with Crippen LogP contribution in [0.15, 0.2) is 33.7 Å². The first-order chi connectivity index (χ1) is 13.3. The lowest BCUT2D eigenvalue weighted by molar-refractivity contribution is 0.101. The smallest absolute Gasteiger partial charge is 0.272 e. The van der Waals surface area contributed by atoms with Crippen molar-refractivity contribution in [3.05, 3.63) is 47.0 Å². The maximum Gasteiger partial charge on any atom is 0.272 e. The van der Waals surface area contributed by atoms with Crippen LogP contribution in [-0.2, 0) is 24.3 Å². The fourth-order valence-electron chi connectivity index (χ4n) is 3.42. The number of rotatable bonds is 3. The van der Waals surface area contributed by atoms with Gasteiger partial charge < -0.3 is 9.88 Å². The second-order valence-electron chi connectivity index (χ2n) is 7.17. The largest absolute Gasteiger partial charge is 0.345 e. The summed E-state index contributed by atoms with van der Waals surface area (Å²) in [5, 5.41) is 11.8. The van der Waals surface area contributed by atoms with Gasteiger partial charge in [-0.3, -0.25) is 4.79 Å². The van der Waals surface area contributed by atoms with Gasteiger partial charge in [0.05, 0.1) is 10.5 Å². The van der Waals surface area contributed by atoms with Gasteiger partial charge >= 0.3 is 0 Å². The molecule has 1 aliphatic rings. The number of hydrogen-bond donors (Lipinski definition) is 2. The second kappa shape index (κ2) is 8.25. The summed E-state index contributed by atoms with van der Waals surface area (Å²) in [5.74, 6) is -0.412. The van der Waals surface area contributed by atoms with E-state index in [2.05, 4.69) is 28.2 Å². The summed E-state index contributed by atoms with van der Waals surface area (Å²) in [6, 6.07) is 6.11. The highest BCUT2D eigenvalue weighted by Gasteiger charge is 2.28. The Hall–Kier alpha value is -2.50. The molecule has 6 nitrogen and oxygen atoms in total. The minimum absolute atomic E-state index is 0.0983. The van der Waals surface area contributed by atoms with Crippen LogP contribution >= 0.6 is 0 Å². The Bertz CT molecular complexity index is 989. The topological polar surface area (TPSA) is 82.2 Å². The molecule has 0 bridgehead atoms. The van der Waals surface area contributed by atoms with Gasteiger partial charge in [0.15, 0.2) is 0 Å². The minimum Gasteiger partial charge on any atom is -0.345 e. The van der Waals surface area contributed by atoms with Crippen molar-refractivity contribution in [2.45, 2.75) is 37.6 Å². The molecule has 148 valence electrons. The van der Waals surface area contributed by atoms with Crippen LogP contribution in [0.3, 0.4) is 0 Å². The highest BCUT2D eigenvalue weighted by atomic mass is 32.2. The number of aromatic nitrogens is 1. The quantitative estimate of drug-likeness (QED) is 0.825. The Labute approximate surface area is 167 Å². The van der Waals surface area contributed by atoms with E-state index in [0.717, 1.165) is 23.3 Å². The van der Waals surface area contributed by atoms with Crippen molar-refractivity contribution in [2.75, 3.05) is 12.4 Å². The molecule has 1 aromatic heterocycles. The Morgan fingerprint density at radius 3 is 2.89 bits per heavy atom. The zero-order chi connectivity index (χ0) is 20.4. The molecule has 3 rings (SSSR count). The molecule has 0 spiro atoms. The second-order valence-corrected chi connectivity index (χ2v) is 8.78. The molecule has 1 amide bonds. The zero-order valence-electron chi connectivity index (χ0n) is 16.4. The summed E-state index contributed by atoms with van der Waals surface area (Å²) in [6.07, 6.45) is 3.66. The number of benzene rings is 1. The maximum atomic E-state index is 13.5. The molecule has 0 radical (unpaired) electrons. The zero-order valence-corrected chi connectivity index (χ0v) is 17.2. The van der Waals surface area contributed by atoms with E-state index in [-0.39, 0.29) is 11.5 Å². The number of aryl methyl sites for hydroxylation is 1. The molecule has 0 fully saturated rings. The number of carbonyl (C=O) groups excluding carboxylic acids is 1. The number of amides is 1. The van der Waals surface area contributed by atoms with Gasteiger partial charge in [-0.05, 0) is 42.5 Å². The first-order valence-corrected chi connectivity index (χ1v) is 10.3. The third kappa shape index (κ3) is 3.86. The number of halogens is 1. The fraction of sp³-hybridized carbons (Fsp3) is 0.400. The van der Waals surface area contributed by atoms with Crippen LogP contribution in [-0.4, -0.2) is 23.6 Å². The van der Waals surface area contributed by atoms with Crippen LogP contribution in [0.5, 0.6) is 0 Å². The first kappa shape index (κ1) is 20.2. The van der Waals surface area contributed by atoms with Crippen LogP contribution in [0, 0.1) is 23.1 Å². The third-order valence-corrected chi connectivity index (χ3v) is 6.63. The summed E-state index contributed by atoms with van der Waals surface area (Å²) in [6.45, 7) is 4.36. The van der Waals surface area contributed by atoms with Crippen molar-refractivity contribution >= 4 is 22.5 Å². The highest BCUT2D eigenvalue weighted by molar-refractivity contribution is 7.85. The van der Waals surface area contributed by atoms with E-state index in [9.17, 15) is 9.18 Å². The lowest BCUT2D eigenvalue weighted by atomic mass is 9.97. The van der Waals surface area contributed by atoms with E-state index in [1.807, 2.05) is 17.8 Å². The van der Waals surface area contributed by atoms with Crippen LogP contribution in [0.25, 0.3) is 0 Å². The van der Waals surface area contributed by atoms with Gasteiger partial charge in [-0.2, -0.15) is 5.26 Å². The summed E-state index contributed by atoms with van der Waals surface area (Å²) >= 11 is 0. The van der Waals surface area contributed by atoms with Crippen molar-refractivity contribution in [3.8, 4) is 6.07 Å². The number of anilines is 1. The van der Waals surface area contributed by atoms with Crippen molar-refractivity contribution < 1.29 is 9.18 Å². The predicted molar refractivity (Wildman–Crippen MR) is 109 cm³/mol. The van der Waals surface area contributed by atoms with Gasteiger partial charge in [0, 0.05) is 42.9 Å². The summed E-state index contributed by atoms with van der Waals surface area (Å²) in [5.41, 5.74) is 1.86. The molecule has 1 aromatic carbocycles. The SMILES string of the molecule is CN=S1NC(C(C)C)CCc2c1cn(C)c2C(=O)Nc1ccc(F)c(C#N)c1. The first-order valence-electron chi connectivity index (χ1n) is 9.15. The highest BCUT2D eigenvalue weighted by Crippen LogP contribution is 2.28. The van der Waals surface area contributed by atoms with Gasteiger partial charge in [-0.25, -0.2) is 13.5 Å². The molecule has 0 saturated heterocycles. The molecule has 2 atom stereocenters. The Morgan fingerprint density at radius 1 is 1.50 bits per heavy atom. The average molecular weight is 402 g/mol. The molecule has 2 heterocycles. The predicted octanol–water partition coefficient (Wildman–Crippen LogP) is 3.55. The van der Waals surface area contributed by atoms with Crippen molar-refractivity contribution in [1.29, 1.82) is 5.26 Å². The number of fused-ring (bicyclic) bond motifs is 1.